The first-order chi connectivity index (χ1) is 4.29. The Labute approximate surface area is 62.1 Å². The Morgan fingerprint density at radius 1 is 1.56 bits per heavy atom. The zero-order valence-corrected chi connectivity index (χ0v) is 6.52. The minimum absolute atomic E-state index is 0.244. The normalized spacial score (nSPS) is 47.7. The van der Waals surface area contributed by atoms with Crippen LogP contribution in [-0.4, -0.2) is 16.8 Å². The molecule has 0 radical (unpaired) electrons. The van der Waals surface area contributed by atoms with Crippen LogP contribution in [0.2, 0.25) is 0 Å². The highest BCUT2D eigenvalue weighted by atomic mass is 79.9. The van der Waals surface area contributed by atoms with Crippen LogP contribution in [0.4, 0.5) is 0 Å². The van der Waals surface area contributed by atoms with Gasteiger partial charge in [0.05, 0.1) is 5.92 Å². The van der Waals surface area contributed by atoms with Crippen LogP contribution < -0.4 is 5.32 Å². The Hall–Kier alpha value is -0.0500. The lowest BCUT2D eigenvalue weighted by Gasteiger charge is -2.08. The molecule has 1 heterocycles. The molecule has 1 saturated carbocycles. The maximum absolute atomic E-state index is 10.9. The molecular weight excluding hydrogens is 182 g/mol. The van der Waals surface area contributed by atoms with Crippen molar-refractivity contribution in [2.75, 3.05) is 0 Å². The molecule has 1 N–H and O–H groups in total. The molecule has 0 spiro atoms. The van der Waals surface area contributed by atoms with Crippen LogP contribution in [-0.2, 0) is 4.79 Å². The molecule has 2 fully saturated rings. The van der Waals surface area contributed by atoms with E-state index in [1.54, 1.807) is 0 Å². The summed E-state index contributed by atoms with van der Waals surface area (Å²) in [6.45, 7) is 0. The fourth-order valence-corrected chi connectivity index (χ4v) is 2.58. The summed E-state index contributed by atoms with van der Waals surface area (Å²) in [5, 5.41) is 2.92. The van der Waals surface area contributed by atoms with Crippen LogP contribution in [0.25, 0.3) is 0 Å². The van der Waals surface area contributed by atoms with Gasteiger partial charge in [0.1, 0.15) is 0 Å². The molecule has 0 aromatic carbocycles. The molecule has 3 atom stereocenters. The van der Waals surface area contributed by atoms with Gasteiger partial charge in [-0.2, -0.15) is 0 Å². The number of alkyl halides is 1. The molecule has 0 unspecified atom stereocenters. The first kappa shape index (κ1) is 5.71. The third kappa shape index (κ3) is 0.641. The van der Waals surface area contributed by atoms with E-state index in [-0.39, 0.29) is 11.8 Å². The summed E-state index contributed by atoms with van der Waals surface area (Å²) < 4.78 is 0. The number of carbonyl (C=O) groups excluding carboxylic acids is 1. The number of carbonyl (C=O) groups is 1. The zero-order chi connectivity index (χ0) is 6.43. The van der Waals surface area contributed by atoms with Gasteiger partial charge < -0.3 is 5.32 Å². The van der Waals surface area contributed by atoms with Crippen LogP contribution in [0.1, 0.15) is 12.8 Å². The van der Waals surface area contributed by atoms with Gasteiger partial charge in [-0.05, 0) is 12.8 Å². The van der Waals surface area contributed by atoms with Gasteiger partial charge in [-0.25, -0.2) is 0 Å². The number of hydrogen-bond acceptors (Lipinski definition) is 1. The van der Waals surface area contributed by atoms with Crippen molar-refractivity contribution in [3.63, 3.8) is 0 Å². The second-order valence-electron chi connectivity index (χ2n) is 2.74. The van der Waals surface area contributed by atoms with Crippen molar-refractivity contribution in [3.8, 4) is 0 Å². The molecule has 1 amide bonds. The van der Waals surface area contributed by atoms with Crippen LogP contribution in [0.3, 0.4) is 0 Å². The number of nitrogens with one attached hydrogen (secondary N) is 1. The molecule has 1 aliphatic heterocycles. The SMILES string of the molecule is O=C1N[C@@H]2CC[C@H]1[C@H]2Br. The van der Waals surface area contributed by atoms with Gasteiger partial charge >= 0.3 is 0 Å². The van der Waals surface area contributed by atoms with E-state index >= 15 is 0 Å². The summed E-state index contributed by atoms with van der Waals surface area (Å²) >= 11 is 3.49. The standard InChI is InChI=1S/C6H8BrNO/c7-5-3-1-2-4(5)8-6(3)9/h3-5H,1-2H2,(H,8,9)/t3-,4+,5+/m0/s1. The van der Waals surface area contributed by atoms with E-state index in [1.807, 2.05) is 0 Å². The molecular formula is C6H8BrNO. The summed E-state index contributed by atoms with van der Waals surface area (Å²) in [6, 6.07) is 0.433. The molecule has 2 aliphatic rings. The Morgan fingerprint density at radius 3 is 2.56 bits per heavy atom. The summed E-state index contributed by atoms with van der Waals surface area (Å²) in [6.07, 6.45) is 2.23. The highest BCUT2D eigenvalue weighted by Gasteiger charge is 2.45. The molecule has 2 bridgehead atoms. The van der Waals surface area contributed by atoms with Crippen molar-refractivity contribution in [3.05, 3.63) is 0 Å². The first-order valence-electron chi connectivity index (χ1n) is 3.23. The van der Waals surface area contributed by atoms with Gasteiger partial charge in [-0.1, -0.05) is 15.9 Å². The third-order valence-corrected chi connectivity index (χ3v) is 3.50. The fraction of sp³-hybridized carbons (Fsp3) is 0.833. The van der Waals surface area contributed by atoms with Crippen LogP contribution in [0, 0.1) is 5.92 Å². The lowest BCUT2D eigenvalue weighted by molar-refractivity contribution is -0.123. The predicted molar refractivity (Wildman–Crippen MR) is 37.4 cm³/mol. The molecule has 1 aliphatic carbocycles. The van der Waals surface area contributed by atoms with Gasteiger partial charge in [-0.15, -0.1) is 0 Å². The number of amides is 1. The summed E-state index contributed by atoms with van der Waals surface area (Å²) in [4.78, 5) is 11.3. The zero-order valence-electron chi connectivity index (χ0n) is 4.93. The molecule has 2 rings (SSSR count). The van der Waals surface area contributed by atoms with Crippen LogP contribution in [0.5, 0.6) is 0 Å². The Balaban J connectivity index is 2.26. The molecule has 0 aromatic heterocycles. The van der Waals surface area contributed by atoms with Crippen molar-refractivity contribution < 1.29 is 4.79 Å². The van der Waals surface area contributed by atoms with Crippen molar-refractivity contribution in [2.45, 2.75) is 23.7 Å². The Morgan fingerprint density at radius 2 is 2.33 bits per heavy atom. The van der Waals surface area contributed by atoms with Crippen molar-refractivity contribution in [1.82, 2.24) is 5.32 Å². The number of rotatable bonds is 0. The second kappa shape index (κ2) is 1.72. The van der Waals surface area contributed by atoms with E-state index in [1.165, 1.54) is 0 Å². The van der Waals surface area contributed by atoms with Crippen LogP contribution in [0.15, 0.2) is 0 Å². The predicted octanol–water partition coefficient (Wildman–Crippen LogP) is 0.658. The van der Waals surface area contributed by atoms with Crippen molar-refractivity contribution in [1.29, 1.82) is 0 Å². The van der Waals surface area contributed by atoms with E-state index in [0.29, 0.717) is 10.9 Å². The van der Waals surface area contributed by atoms with E-state index in [4.69, 9.17) is 0 Å². The smallest absolute Gasteiger partial charge is 0.224 e. The molecule has 9 heavy (non-hydrogen) atoms. The summed E-state index contributed by atoms with van der Waals surface area (Å²) in [5.41, 5.74) is 0. The topological polar surface area (TPSA) is 29.1 Å². The van der Waals surface area contributed by atoms with Crippen molar-refractivity contribution >= 4 is 21.8 Å². The van der Waals surface area contributed by atoms with Gasteiger partial charge in [0, 0.05) is 10.9 Å². The highest BCUT2D eigenvalue weighted by molar-refractivity contribution is 9.09. The van der Waals surface area contributed by atoms with Gasteiger partial charge in [-0.3, -0.25) is 4.79 Å². The van der Waals surface area contributed by atoms with Gasteiger partial charge in [0.15, 0.2) is 0 Å². The van der Waals surface area contributed by atoms with Crippen LogP contribution >= 0.6 is 15.9 Å². The lowest BCUT2D eigenvalue weighted by atomic mass is 10.1. The van der Waals surface area contributed by atoms with E-state index in [0.717, 1.165) is 12.8 Å². The molecule has 0 aromatic rings. The monoisotopic (exact) mass is 189 g/mol. The average Bonchev–Trinajstić information content (AvgIpc) is 2.25. The maximum Gasteiger partial charge on any atom is 0.224 e. The fourth-order valence-electron chi connectivity index (χ4n) is 1.68. The summed E-state index contributed by atoms with van der Waals surface area (Å²) in [7, 11) is 0. The van der Waals surface area contributed by atoms with E-state index < -0.39 is 0 Å². The van der Waals surface area contributed by atoms with Gasteiger partial charge in [0.25, 0.3) is 0 Å². The van der Waals surface area contributed by atoms with Gasteiger partial charge in [0.2, 0.25) is 5.91 Å². The molecule has 50 valence electrons. The Kier molecular flexibility index (Phi) is 1.09. The average molecular weight is 190 g/mol. The second-order valence-corrected chi connectivity index (χ2v) is 3.80. The largest absolute Gasteiger partial charge is 0.352 e. The number of piperidine rings is 1. The Bertz CT molecular complexity index is 159. The van der Waals surface area contributed by atoms with E-state index in [2.05, 4.69) is 21.2 Å². The first-order valence-corrected chi connectivity index (χ1v) is 4.15. The number of hydrogen-bond donors (Lipinski definition) is 1. The highest BCUT2D eigenvalue weighted by Crippen LogP contribution is 2.36. The minimum atomic E-state index is 0.244. The molecule has 2 nitrogen and oxygen atoms in total. The third-order valence-electron chi connectivity index (χ3n) is 2.22. The summed E-state index contributed by atoms with van der Waals surface area (Å²) in [5.74, 6) is 0.517. The molecule has 1 saturated heterocycles. The van der Waals surface area contributed by atoms with E-state index in [9.17, 15) is 4.79 Å². The lowest BCUT2D eigenvalue weighted by Crippen LogP contribution is -2.30. The number of halogens is 1. The minimum Gasteiger partial charge on any atom is -0.352 e. The van der Waals surface area contributed by atoms with Crippen molar-refractivity contribution in [2.24, 2.45) is 5.92 Å². The maximum atomic E-state index is 10.9. The molecule has 3 heteroatoms. The quantitative estimate of drug-likeness (QED) is 0.558. The number of fused-ring (bicyclic) bond motifs is 2.